The van der Waals surface area contributed by atoms with E-state index in [1.54, 1.807) is 0 Å². The molecule has 0 spiro atoms. The van der Waals surface area contributed by atoms with Crippen molar-refractivity contribution in [1.82, 2.24) is 5.32 Å². The van der Waals surface area contributed by atoms with Crippen LogP contribution in [0.2, 0.25) is 0 Å². The van der Waals surface area contributed by atoms with Crippen molar-refractivity contribution in [3.63, 3.8) is 0 Å². The van der Waals surface area contributed by atoms with Gasteiger partial charge in [0.05, 0.1) is 0 Å². The number of nitrogens with one attached hydrogen (secondary N) is 1. The number of hydrogen-bond acceptors (Lipinski definition) is 3. The lowest BCUT2D eigenvalue weighted by atomic mass is 9.80. The Morgan fingerprint density at radius 1 is 1.47 bits per heavy atom. The van der Waals surface area contributed by atoms with E-state index in [4.69, 9.17) is 5.73 Å². The van der Waals surface area contributed by atoms with Gasteiger partial charge in [-0.1, -0.05) is 30.7 Å². The maximum Gasteiger partial charge on any atom is 0.171 e. The number of rotatable bonds is 1. The lowest BCUT2D eigenvalue weighted by Gasteiger charge is -2.27. The average molecular weight is 203 g/mol. The van der Waals surface area contributed by atoms with Crippen LogP contribution in [0.5, 0.6) is 0 Å². The third kappa shape index (κ3) is 2.02. The predicted molar refractivity (Wildman–Crippen MR) is 63.2 cm³/mol. The first-order valence-corrected chi connectivity index (χ1v) is 5.29. The van der Waals surface area contributed by atoms with E-state index in [1.807, 2.05) is 12.3 Å². The Labute approximate surface area is 90.5 Å². The van der Waals surface area contributed by atoms with E-state index >= 15 is 0 Å². The van der Waals surface area contributed by atoms with Crippen LogP contribution in [-0.2, 0) is 0 Å². The van der Waals surface area contributed by atoms with Gasteiger partial charge in [-0.05, 0) is 18.9 Å². The van der Waals surface area contributed by atoms with E-state index in [0.717, 1.165) is 5.71 Å². The Morgan fingerprint density at radius 3 is 2.93 bits per heavy atom. The summed E-state index contributed by atoms with van der Waals surface area (Å²) in [6, 6.07) is 0. The van der Waals surface area contributed by atoms with Crippen molar-refractivity contribution in [3.05, 3.63) is 36.1 Å². The molecule has 2 rings (SSSR count). The summed E-state index contributed by atoms with van der Waals surface area (Å²) in [6.45, 7) is 4.36. The van der Waals surface area contributed by atoms with E-state index < -0.39 is 0 Å². The molecule has 2 aliphatic rings. The minimum Gasteiger partial charge on any atom is -0.358 e. The van der Waals surface area contributed by atoms with Gasteiger partial charge >= 0.3 is 0 Å². The van der Waals surface area contributed by atoms with Crippen molar-refractivity contribution in [2.75, 3.05) is 0 Å². The third-order valence-corrected chi connectivity index (χ3v) is 2.92. The molecule has 3 heteroatoms. The van der Waals surface area contributed by atoms with Crippen molar-refractivity contribution in [1.29, 1.82) is 0 Å². The van der Waals surface area contributed by atoms with E-state index in [9.17, 15) is 0 Å². The van der Waals surface area contributed by atoms with Crippen LogP contribution in [0.3, 0.4) is 0 Å². The lowest BCUT2D eigenvalue weighted by molar-refractivity contribution is 0.578. The summed E-state index contributed by atoms with van der Waals surface area (Å²) in [6.07, 6.45) is 10.1. The molecule has 3 N–H and O–H groups in total. The summed E-state index contributed by atoms with van der Waals surface area (Å²) in [7, 11) is 0. The van der Waals surface area contributed by atoms with Crippen LogP contribution in [-0.4, -0.2) is 12.0 Å². The van der Waals surface area contributed by atoms with Crippen LogP contribution >= 0.6 is 0 Å². The Kier molecular flexibility index (Phi) is 2.73. The molecule has 15 heavy (non-hydrogen) atoms. The SMILES string of the molecule is CC1=CC=CC(C)C1C1=NC(N)NC=C1. The normalized spacial score (nSPS) is 34.5. The average Bonchev–Trinajstić information content (AvgIpc) is 2.17. The fraction of sp³-hybridized carbons (Fsp3) is 0.417. The van der Waals surface area contributed by atoms with Gasteiger partial charge in [-0.2, -0.15) is 0 Å². The molecule has 1 aliphatic heterocycles. The lowest BCUT2D eigenvalue weighted by Crippen LogP contribution is -2.37. The fourth-order valence-electron chi connectivity index (χ4n) is 2.17. The van der Waals surface area contributed by atoms with Crippen molar-refractivity contribution < 1.29 is 0 Å². The molecule has 0 fully saturated rings. The second kappa shape index (κ2) is 4.03. The number of aliphatic imine (C=N–C) groups is 1. The van der Waals surface area contributed by atoms with Gasteiger partial charge in [0.15, 0.2) is 6.29 Å². The third-order valence-electron chi connectivity index (χ3n) is 2.92. The van der Waals surface area contributed by atoms with Gasteiger partial charge in [0.1, 0.15) is 0 Å². The van der Waals surface area contributed by atoms with Crippen molar-refractivity contribution in [2.45, 2.75) is 20.1 Å². The molecule has 0 radical (unpaired) electrons. The van der Waals surface area contributed by atoms with Crippen molar-refractivity contribution in [3.8, 4) is 0 Å². The Bertz CT molecular complexity index is 363. The summed E-state index contributed by atoms with van der Waals surface area (Å²) in [5.41, 5.74) is 8.16. The zero-order chi connectivity index (χ0) is 10.8. The zero-order valence-corrected chi connectivity index (χ0v) is 9.14. The molecule has 3 nitrogen and oxygen atoms in total. The van der Waals surface area contributed by atoms with Gasteiger partial charge in [0.2, 0.25) is 0 Å². The highest BCUT2D eigenvalue weighted by molar-refractivity contribution is 5.99. The number of nitrogens with two attached hydrogens (primary N) is 1. The maximum atomic E-state index is 5.74. The highest BCUT2D eigenvalue weighted by atomic mass is 15.2. The molecule has 0 aromatic carbocycles. The number of nitrogens with zero attached hydrogens (tertiary/aromatic N) is 1. The van der Waals surface area contributed by atoms with Crippen LogP contribution in [0.15, 0.2) is 41.1 Å². The van der Waals surface area contributed by atoms with E-state index in [0.29, 0.717) is 11.8 Å². The fourth-order valence-corrected chi connectivity index (χ4v) is 2.17. The second-order valence-corrected chi connectivity index (χ2v) is 4.13. The Hall–Kier alpha value is -1.35. The molecule has 0 aromatic heterocycles. The van der Waals surface area contributed by atoms with Gasteiger partial charge < -0.3 is 5.32 Å². The molecule has 0 aromatic rings. The molecular weight excluding hydrogens is 186 g/mol. The zero-order valence-electron chi connectivity index (χ0n) is 9.14. The van der Waals surface area contributed by atoms with Gasteiger partial charge in [0.25, 0.3) is 0 Å². The minimum absolute atomic E-state index is 0.295. The van der Waals surface area contributed by atoms with Gasteiger partial charge in [-0.15, -0.1) is 0 Å². The Morgan fingerprint density at radius 2 is 2.27 bits per heavy atom. The first kappa shape index (κ1) is 10.2. The molecule has 0 bridgehead atoms. The maximum absolute atomic E-state index is 5.74. The predicted octanol–water partition coefficient (Wildman–Crippen LogP) is 1.55. The molecule has 1 heterocycles. The summed E-state index contributed by atoms with van der Waals surface area (Å²) in [5, 5.41) is 2.95. The Balaban J connectivity index is 2.27. The molecule has 0 saturated carbocycles. The quantitative estimate of drug-likeness (QED) is 0.679. The second-order valence-electron chi connectivity index (χ2n) is 4.13. The minimum atomic E-state index is -0.295. The van der Waals surface area contributed by atoms with E-state index in [2.05, 4.69) is 42.4 Å². The van der Waals surface area contributed by atoms with Crippen LogP contribution in [0.25, 0.3) is 0 Å². The number of hydrogen-bond donors (Lipinski definition) is 2. The highest BCUT2D eigenvalue weighted by Crippen LogP contribution is 2.28. The summed E-state index contributed by atoms with van der Waals surface area (Å²) >= 11 is 0. The van der Waals surface area contributed by atoms with Crippen LogP contribution in [0.1, 0.15) is 13.8 Å². The summed E-state index contributed by atoms with van der Waals surface area (Å²) in [4.78, 5) is 4.43. The highest BCUT2D eigenvalue weighted by Gasteiger charge is 2.24. The van der Waals surface area contributed by atoms with Gasteiger partial charge in [-0.25, -0.2) is 4.99 Å². The number of allylic oxidation sites excluding steroid dienone is 5. The van der Waals surface area contributed by atoms with E-state index in [1.165, 1.54) is 5.57 Å². The first-order chi connectivity index (χ1) is 7.18. The van der Waals surface area contributed by atoms with Gasteiger partial charge in [-0.3, -0.25) is 5.73 Å². The van der Waals surface area contributed by atoms with Crippen LogP contribution in [0.4, 0.5) is 0 Å². The standard InChI is InChI=1S/C12H17N3/c1-8-4-3-5-9(2)11(8)10-6-7-14-12(13)15-10/h3-8,11-12,14H,13H2,1-2H3. The smallest absolute Gasteiger partial charge is 0.171 e. The van der Waals surface area contributed by atoms with Crippen LogP contribution in [0, 0.1) is 11.8 Å². The first-order valence-electron chi connectivity index (χ1n) is 5.29. The monoisotopic (exact) mass is 203 g/mol. The molecular formula is C12H17N3. The topological polar surface area (TPSA) is 50.4 Å². The molecule has 0 saturated heterocycles. The van der Waals surface area contributed by atoms with Crippen molar-refractivity contribution >= 4 is 5.71 Å². The van der Waals surface area contributed by atoms with Crippen molar-refractivity contribution in [2.24, 2.45) is 22.6 Å². The van der Waals surface area contributed by atoms with Crippen LogP contribution < -0.4 is 11.1 Å². The molecule has 80 valence electrons. The van der Waals surface area contributed by atoms with Gasteiger partial charge in [0, 0.05) is 17.8 Å². The summed E-state index contributed by atoms with van der Waals surface area (Å²) in [5.74, 6) is 0.864. The molecule has 3 unspecified atom stereocenters. The molecule has 3 atom stereocenters. The molecule has 0 amide bonds. The largest absolute Gasteiger partial charge is 0.358 e. The molecule has 1 aliphatic carbocycles. The van der Waals surface area contributed by atoms with E-state index in [-0.39, 0.29) is 6.29 Å². The summed E-state index contributed by atoms with van der Waals surface area (Å²) < 4.78 is 0.